The van der Waals surface area contributed by atoms with E-state index in [9.17, 15) is 8.42 Å². The molecule has 0 spiro atoms. The maximum absolute atomic E-state index is 13.7. The molecule has 2 aliphatic heterocycles. The Morgan fingerprint density at radius 2 is 1.84 bits per heavy atom. The van der Waals surface area contributed by atoms with E-state index >= 15 is 0 Å². The number of aliphatic imine (C=N–C) groups is 1. The molecule has 9 heteroatoms. The molecule has 4 heterocycles. The highest BCUT2D eigenvalue weighted by Gasteiger charge is 2.38. The highest BCUT2D eigenvalue weighted by atomic mass is 127. The van der Waals surface area contributed by atoms with Gasteiger partial charge in [-0.3, -0.25) is 15.0 Å². The molecule has 0 bridgehead atoms. The van der Waals surface area contributed by atoms with Gasteiger partial charge in [-0.15, -0.1) is 0 Å². The molecule has 0 saturated heterocycles. The van der Waals surface area contributed by atoms with Crippen LogP contribution < -0.4 is 15.4 Å². The Hall–Kier alpha value is -2.92. The molecular formula is C23H17IN4O3S. The second-order valence-corrected chi connectivity index (χ2v) is 10.5. The second kappa shape index (κ2) is 7.89. The first-order chi connectivity index (χ1) is 15.4. The molecule has 2 aromatic heterocycles. The fraction of sp³-hybridized carbons (Fsp3) is 0.130. The topological polar surface area (TPSA) is 93.9 Å². The lowest BCUT2D eigenvalue weighted by Crippen LogP contribution is -2.36. The molecule has 3 aromatic rings. The number of halogens is 1. The van der Waals surface area contributed by atoms with Crippen LogP contribution in [0, 0.1) is 10.5 Å². The number of allylic oxidation sites excluding steroid dienone is 1. The van der Waals surface area contributed by atoms with Gasteiger partial charge < -0.3 is 4.74 Å². The van der Waals surface area contributed by atoms with Crippen molar-refractivity contribution in [3.63, 3.8) is 0 Å². The maximum atomic E-state index is 13.7. The number of pyridine rings is 2. The van der Waals surface area contributed by atoms with Gasteiger partial charge in [-0.25, -0.2) is 13.4 Å². The van der Waals surface area contributed by atoms with Gasteiger partial charge in [0.2, 0.25) is 0 Å². The highest BCUT2D eigenvalue weighted by Crippen LogP contribution is 2.36. The number of aromatic nitrogens is 2. The molecule has 160 valence electrons. The number of hydrogen-bond acceptors (Lipinski definition) is 7. The summed E-state index contributed by atoms with van der Waals surface area (Å²) in [7, 11) is -2.22. The monoisotopic (exact) mass is 556 g/mol. The van der Waals surface area contributed by atoms with Crippen molar-refractivity contribution in [2.75, 3.05) is 7.11 Å². The Kier molecular flexibility index (Phi) is 5.17. The van der Waals surface area contributed by atoms with Gasteiger partial charge in [-0.1, -0.05) is 17.7 Å². The Bertz CT molecular complexity index is 1530. The fourth-order valence-corrected chi connectivity index (χ4v) is 6.04. The van der Waals surface area contributed by atoms with Crippen molar-refractivity contribution < 1.29 is 13.2 Å². The quantitative estimate of drug-likeness (QED) is 0.461. The Labute approximate surface area is 198 Å². The molecule has 32 heavy (non-hydrogen) atoms. The Morgan fingerprint density at radius 1 is 1.06 bits per heavy atom. The van der Waals surface area contributed by atoms with Crippen LogP contribution in [0.3, 0.4) is 0 Å². The first kappa shape index (κ1) is 21.0. The zero-order chi connectivity index (χ0) is 22.5. The predicted octanol–water partition coefficient (Wildman–Crippen LogP) is 2.48. The van der Waals surface area contributed by atoms with E-state index in [4.69, 9.17) is 9.73 Å². The number of sulfone groups is 1. The molecular weight excluding hydrogens is 539 g/mol. The van der Waals surface area contributed by atoms with E-state index in [0.29, 0.717) is 33.4 Å². The zero-order valence-electron chi connectivity index (χ0n) is 17.2. The van der Waals surface area contributed by atoms with Crippen molar-refractivity contribution in [1.82, 2.24) is 9.97 Å². The molecule has 0 fully saturated rings. The van der Waals surface area contributed by atoms with Crippen molar-refractivity contribution in [1.29, 1.82) is 0 Å². The van der Waals surface area contributed by atoms with Crippen molar-refractivity contribution in [2.24, 2.45) is 9.98 Å². The van der Waals surface area contributed by atoms with E-state index in [1.807, 2.05) is 13.0 Å². The lowest BCUT2D eigenvalue weighted by Gasteiger charge is -2.21. The standard InChI is InChI=1S/C23H17IN4O3S/c1-13-5-7-15(8-6-13)32(29,30)17-12-27-20(14-4-3-9-25-10-14)22-18(17)21-23(28-22)19(24)16(31-2)11-26-21/h3-12,17H,1-2H3. The van der Waals surface area contributed by atoms with Gasteiger partial charge in [0, 0.05) is 29.7 Å². The summed E-state index contributed by atoms with van der Waals surface area (Å²) in [6.07, 6.45) is 6.42. The molecule has 1 atom stereocenters. The van der Waals surface area contributed by atoms with Gasteiger partial charge in [0.05, 0.1) is 38.5 Å². The number of methoxy groups -OCH3 is 1. The molecule has 0 radical (unpaired) electrons. The van der Waals surface area contributed by atoms with Gasteiger partial charge in [0.1, 0.15) is 10.6 Å². The number of benzene rings is 1. The first-order valence-corrected chi connectivity index (χ1v) is 12.4. The fourth-order valence-electron chi connectivity index (χ4n) is 3.74. The lowest BCUT2D eigenvalue weighted by atomic mass is 10.0. The van der Waals surface area contributed by atoms with Crippen LogP contribution in [-0.4, -0.2) is 37.0 Å². The average Bonchev–Trinajstić information content (AvgIpc) is 3.20. The minimum Gasteiger partial charge on any atom is -0.494 e. The molecule has 0 amide bonds. The normalized spacial score (nSPS) is 17.1. The van der Waals surface area contributed by atoms with Crippen molar-refractivity contribution in [3.05, 3.63) is 86.1 Å². The number of aryl methyl sites for hydroxylation is 1. The summed E-state index contributed by atoms with van der Waals surface area (Å²) < 4.78 is 33.5. The van der Waals surface area contributed by atoms with E-state index in [2.05, 4.69) is 37.6 Å². The third-order valence-corrected chi connectivity index (χ3v) is 8.38. The highest BCUT2D eigenvalue weighted by molar-refractivity contribution is 14.1. The molecule has 0 N–H and O–H groups in total. The summed E-state index contributed by atoms with van der Waals surface area (Å²) in [6, 6.07) is 10.5. The van der Waals surface area contributed by atoms with Gasteiger partial charge in [-0.2, -0.15) is 0 Å². The minimum absolute atomic E-state index is 0.230. The number of fused-ring (bicyclic) bond motifs is 2. The van der Waals surface area contributed by atoms with Gasteiger partial charge in [0.15, 0.2) is 15.6 Å². The Balaban J connectivity index is 1.80. The molecule has 1 aromatic carbocycles. The summed E-state index contributed by atoms with van der Waals surface area (Å²) in [5.41, 5.74) is 3.32. The lowest BCUT2D eigenvalue weighted by molar-refractivity contribution is 0.408. The second-order valence-electron chi connectivity index (χ2n) is 7.36. The molecule has 1 unspecified atom stereocenters. The zero-order valence-corrected chi connectivity index (χ0v) is 20.1. The molecule has 0 aliphatic carbocycles. The minimum atomic E-state index is -3.78. The number of ether oxygens (including phenoxy) is 1. The van der Waals surface area contributed by atoms with Crippen LogP contribution in [0.25, 0.3) is 11.3 Å². The average molecular weight is 556 g/mol. The third-order valence-electron chi connectivity index (χ3n) is 5.38. The summed E-state index contributed by atoms with van der Waals surface area (Å²) in [5.74, 6) is 0.578. The van der Waals surface area contributed by atoms with Gasteiger partial charge >= 0.3 is 0 Å². The summed E-state index contributed by atoms with van der Waals surface area (Å²) in [6.45, 7) is 1.92. The van der Waals surface area contributed by atoms with Crippen LogP contribution in [0.5, 0.6) is 5.75 Å². The van der Waals surface area contributed by atoms with Crippen LogP contribution in [0.1, 0.15) is 11.1 Å². The predicted molar refractivity (Wildman–Crippen MR) is 129 cm³/mol. The maximum Gasteiger partial charge on any atom is 0.190 e. The van der Waals surface area contributed by atoms with Crippen molar-refractivity contribution >= 4 is 49.9 Å². The number of hydrogen-bond donors (Lipinski definition) is 0. The van der Waals surface area contributed by atoms with E-state index in [1.165, 1.54) is 6.21 Å². The van der Waals surface area contributed by atoms with Crippen LogP contribution in [0.2, 0.25) is 0 Å². The first-order valence-electron chi connectivity index (χ1n) is 9.73. The molecule has 5 rings (SSSR count). The largest absolute Gasteiger partial charge is 0.494 e. The SMILES string of the molecule is COc1cnc2c(c1I)=NC1=C(c3cccnc3)N=CC(S(=O)(=O)c3ccc(C)cc3)C=21. The van der Waals surface area contributed by atoms with Crippen LogP contribution in [0.15, 0.2) is 75.6 Å². The van der Waals surface area contributed by atoms with E-state index in [-0.39, 0.29) is 4.90 Å². The molecule has 7 nitrogen and oxygen atoms in total. The molecule has 0 saturated carbocycles. The number of nitrogens with zero attached hydrogens (tertiary/aromatic N) is 4. The summed E-state index contributed by atoms with van der Waals surface area (Å²) >= 11 is 2.15. The Morgan fingerprint density at radius 3 is 2.53 bits per heavy atom. The van der Waals surface area contributed by atoms with E-state index < -0.39 is 15.1 Å². The van der Waals surface area contributed by atoms with Crippen molar-refractivity contribution in [2.45, 2.75) is 17.1 Å². The van der Waals surface area contributed by atoms with Crippen LogP contribution in [-0.2, 0) is 9.84 Å². The van der Waals surface area contributed by atoms with Gasteiger partial charge in [-0.05, 0) is 53.8 Å². The third kappa shape index (κ3) is 3.27. The van der Waals surface area contributed by atoms with Crippen LogP contribution >= 0.6 is 22.6 Å². The molecule has 2 aliphatic rings. The van der Waals surface area contributed by atoms with Crippen LogP contribution in [0.4, 0.5) is 0 Å². The van der Waals surface area contributed by atoms with E-state index in [0.717, 1.165) is 14.7 Å². The summed E-state index contributed by atoms with van der Waals surface area (Å²) in [5, 5.41) is 0.103. The number of rotatable bonds is 4. The van der Waals surface area contributed by atoms with E-state index in [1.54, 1.807) is 56.0 Å². The van der Waals surface area contributed by atoms with Crippen molar-refractivity contribution in [3.8, 4) is 5.75 Å². The van der Waals surface area contributed by atoms with Gasteiger partial charge in [0.25, 0.3) is 0 Å². The smallest absolute Gasteiger partial charge is 0.190 e. The summed E-state index contributed by atoms with van der Waals surface area (Å²) in [4.78, 5) is 18.3.